The second-order valence-corrected chi connectivity index (χ2v) is 7.32. The first kappa shape index (κ1) is 17.6. The Morgan fingerprint density at radius 2 is 2.07 bits per heavy atom. The number of pyridine rings is 1. The molecule has 4 rings (SSSR count). The van der Waals surface area contributed by atoms with Crippen LogP contribution in [0.1, 0.15) is 24.8 Å². The van der Waals surface area contributed by atoms with E-state index in [1.165, 1.54) is 4.57 Å². The summed E-state index contributed by atoms with van der Waals surface area (Å²) >= 11 is 0. The molecule has 27 heavy (non-hydrogen) atoms. The van der Waals surface area contributed by atoms with Crippen LogP contribution in [0.4, 0.5) is 5.69 Å². The molecule has 1 aromatic carbocycles. The summed E-state index contributed by atoms with van der Waals surface area (Å²) in [5.41, 5.74) is 1.16. The summed E-state index contributed by atoms with van der Waals surface area (Å²) in [7, 11) is 1.67. The SMILES string of the molecule is Cn1c(=O)c(C#N)c(NC2CC(C(=O)NC3CCOC3)C2)c2ccccc21. The summed E-state index contributed by atoms with van der Waals surface area (Å²) in [6, 6.07) is 9.76. The number of para-hydroxylation sites is 1. The molecule has 1 atom stereocenters. The first-order valence-corrected chi connectivity index (χ1v) is 9.25. The molecular weight excluding hydrogens is 344 g/mol. The van der Waals surface area contributed by atoms with E-state index in [0.29, 0.717) is 31.7 Å². The van der Waals surface area contributed by atoms with Gasteiger partial charge in [0.1, 0.15) is 11.6 Å². The molecule has 1 aliphatic carbocycles. The molecular formula is C20H22N4O3. The Hall–Kier alpha value is -2.85. The van der Waals surface area contributed by atoms with E-state index >= 15 is 0 Å². The highest BCUT2D eigenvalue weighted by molar-refractivity contribution is 5.94. The number of fused-ring (bicyclic) bond motifs is 1. The largest absolute Gasteiger partial charge is 0.380 e. The van der Waals surface area contributed by atoms with Gasteiger partial charge in [-0.2, -0.15) is 5.26 Å². The summed E-state index contributed by atoms with van der Waals surface area (Å²) in [6.07, 6.45) is 2.24. The highest BCUT2D eigenvalue weighted by Crippen LogP contribution is 2.33. The molecule has 1 aliphatic heterocycles. The monoisotopic (exact) mass is 366 g/mol. The number of ether oxygens (including phenoxy) is 1. The zero-order chi connectivity index (χ0) is 19.0. The molecule has 2 N–H and O–H groups in total. The fourth-order valence-corrected chi connectivity index (χ4v) is 3.87. The van der Waals surface area contributed by atoms with Crippen molar-refractivity contribution in [1.82, 2.24) is 9.88 Å². The number of carbonyl (C=O) groups excluding carboxylic acids is 1. The minimum absolute atomic E-state index is 0.0357. The quantitative estimate of drug-likeness (QED) is 0.855. The summed E-state index contributed by atoms with van der Waals surface area (Å²) < 4.78 is 6.79. The second kappa shape index (κ2) is 7.05. The van der Waals surface area contributed by atoms with Crippen LogP contribution >= 0.6 is 0 Å². The standard InChI is InChI=1S/C20H22N4O3/c1-24-17-5-3-2-4-15(17)18(16(10-21)20(24)26)22-14-8-12(9-14)19(25)23-13-6-7-27-11-13/h2-5,12-14,22H,6-9,11H2,1H3,(H,23,25). The molecule has 140 valence electrons. The average molecular weight is 366 g/mol. The Bertz CT molecular complexity index is 979. The van der Waals surface area contributed by atoms with Crippen LogP contribution in [0.15, 0.2) is 29.1 Å². The lowest BCUT2D eigenvalue weighted by atomic mass is 9.79. The number of anilines is 1. The van der Waals surface area contributed by atoms with E-state index in [4.69, 9.17) is 4.74 Å². The van der Waals surface area contributed by atoms with Gasteiger partial charge >= 0.3 is 0 Å². The van der Waals surface area contributed by atoms with Crippen molar-refractivity contribution in [2.75, 3.05) is 18.5 Å². The number of hydrogen-bond donors (Lipinski definition) is 2. The van der Waals surface area contributed by atoms with Gasteiger partial charge in [0.05, 0.1) is 23.9 Å². The first-order valence-electron chi connectivity index (χ1n) is 9.25. The summed E-state index contributed by atoms with van der Waals surface area (Å²) in [6.45, 7) is 1.29. The molecule has 0 spiro atoms. The fraction of sp³-hybridized carbons (Fsp3) is 0.450. The Labute approximate surface area is 156 Å². The van der Waals surface area contributed by atoms with Gasteiger partial charge in [-0.05, 0) is 25.3 Å². The van der Waals surface area contributed by atoms with Crippen LogP contribution in [-0.4, -0.2) is 35.8 Å². The lowest BCUT2D eigenvalue weighted by molar-refractivity contribution is -0.128. The molecule has 0 radical (unpaired) electrons. The van der Waals surface area contributed by atoms with Gasteiger partial charge in [-0.15, -0.1) is 0 Å². The van der Waals surface area contributed by atoms with Crippen molar-refractivity contribution >= 4 is 22.5 Å². The molecule has 7 heteroatoms. The molecule has 0 bridgehead atoms. The number of amides is 1. The Morgan fingerprint density at radius 1 is 1.30 bits per heavy atom. The maximum absolute atomic E-state index is 12.5. The van der Waals surface area contributed by atoms with Crippen molar-refractivity contribution in [1.29, 1.82) is 5.26 Å². The van der Waals surface area contributed by atoms with E-state index in [0.717, 1.165) is 17.3 Å². The van der Waals surface area contributed by atoms with Crippen LogP contribution in [0.25, 0.3) is 10.9 Å². The molecule has 1 amide bonds. The number of nitrogens with one attached hydrogen (secondary N) is 2. The Balaban J connectivity index is 1.50. The van der Waals surface area contributed by atoms with Crippen molar-refractivity contribution in [2.45, 2.75) is 31.3 Å². The van der Waals surface area contributed by atoms with Gasteiger partial charge in [0, 0.05) is 31.0 Å². The lowest BCUT2D eigenvalue weighted by Gasteiger charge is -2.36. The van der Waals surface area contributed by atoms with Gasteiger partial charge in [-0.25, -0.2) is 0 Å². The lowest BCUT2D eigenvalue weighted by Crippen LogP contribution is -2.47. The minimum atomic E-state index is -0.312. The molecule has 1 saturated carbocycles. The Morgan fingerprint density at radius 3 is 2.78 bits per heavy atom. The van der Waals surface area contributed by atoms with Crippen molar-refractivity contribution in [3.8, 4) is 6.07 Å². The van der Waals surface area contributed by atoms with Crippen LogP contribution in [0.5, 0.6) is 0 Å². The number of nitriles is 1. The highest BCUT2D eigenvalue weighted by Gasteiger charge is 2.36. The maximum atomic E-state index is 12.5. The molecule has 2 fully saturated rings. The fourth-order valence-electron chi connectivity index (χ4n) is 3.87. The third-order valence-corrected chi connectivity index (χ3v) is 5.55. The van der Waals surface area contributed by atoms with E-state index in [2.05, 4.69) is 10.6 Å². The maximum Gasteiger partial charge on any atom is 0.270 e. The van der Waals surface area contributed by atoms with Gasteiger partial charge in [-0.1, -0.05) is 18.2 Å². The summed E-state index contributed by atoms with van der Waals surface area (Å²) in [4.78, 5) is 24.8. The van der Waals surface area contributed by atoms with Gasteiger partial charge in [0.15, 0.2) is 0 Å². The zero-order valence-corrected chi connectivity index (χ0v) is 15.2. The number of nitrogens with zero attached hydrogens (tertiary/aromatic N) is 2. The van der Waals surface area contributed by atoms with E-state index in [9.17, 15) is 14.9 Å². The number of benzene rings is 1. The van der Waals surface area contributed by atoms with Crippen molar-refractivity contribution in [3.63, 3.8) is 0 Å². The third-order valence-electron chi connectivity index (χ3n) is 5.55. The highest BCUT2D eigenvalue weighted by atomic mass is 16.5. The van der Waals surface area contributed by atoms with Gasteiger partial charge in [-0.3, -0.25) is 9.59 Å². The van der Waals surface area contributed by atoms with E-state index in [1.807, 2.05) is 30.3 Å². The van der Waals surface area contributed by atoms with Crippen LogP contribution in [-0.2, 0) is 16.6 Å². The second-order valence-electron chi connectivity index (χ2n) is 7.32. The third kappa shape index (κ3) is 3.17. The molecule has 1 aromatic heterocycles. The normalized spacial score (nSPS) is 24.2. The number of aryl methyl sites for hydroxylation is 1. The topological polar surface area (TPSA) is 96.2 Å². The zero-order valence-electron chi connectivity index (χ0n) is 15.2. The average Bonchev–Trinajstić information content (AvgIpc) is 3.14. The van der Waals surface area contributed by atoms with Gasteiger partial charge < -0.3 is 19.9 Å². The van der Waals surface area contributed by atoms with Crippen molar-refractivity contribution in [2.24, 2.45) is 13.0 Å². The first-order chi connectivity index (χ1) is 13.1. The van der Waals surface area contributed by atoms with Crippen LogP contribution < -0.4 is 16.2 Å². The van der Waals surface area contributed by atoms with Crippen LogP contribution in [0.3, 0.4) is 0 Å². The van der Waals surface area contributed by atoms with Crippen molar-refractivity contribution in [3.05, 3.63) is 40.2 Å². The summed E-state index contributed by atoms with van der Waals surface area (Å²) in [5.74, 6) is 0.0318. The van der Waals surface area contributed by atoms with Gasteiger partial charge in [0.25, 0.3) is 5.56 Å². The van der Waals surface area contributed by atoms with E-state index < -0.39 is 0 Å². The Kier molecular flexibility index (Phi) is 4.58. The molecule has 2 heterocycles. The predicted octanol–water partition coefficient (Wildman–Crippen LogP) is 1.51. The molecule has 1 saturated heterocycles. The minimum Gasteiger partial charge on any atom is -0.380 e. The number of rotatable bonds is 4. The molecule has 7 nitrogen and oxygen atoms in total. The smallest absolute Gasteiger partial charge is 0.270 e. The van der Waals surface area contributed by atoms with Crippen molar-refractivity contribution < 1.29 is 9.53 Å². The molecule has 1 unspecified atom stereocenters. The molecule has 2 aromatic rings. The van der Waals surface area contributed by atoms with Gasteiger partial charge in [0.2, 0.25) is 5.91 Å². The number of carbonyl (C=O) groups is 1. The van der Waals surface area contributed by atoms with Crippen LogP contribution in [0.2, 0.25) is 0 Å². The predicted molar refractivity (Wildman–Crippen MR) is 101 cm³/mol. The van der Waals surface area contributed by atoms with Crippen LogP contribution in [0, 0.1) is 17.2 Å². The van der Waals surface area contributed by atoms with E-state index in [1.54, 1.807) is 7.05 Å². The number of hydrogen-bond acceptors (Lipinski definition) is 5. The summed E-state index contributed by atoms with van der Waals surface area (Å²) in [5, 5.41) is 16.7. The number of aromatic nitrogens is 1. The molecule has 2 aliphatic rings. The van der Waals surface area contributed by atoms with E-state index in [-0.39, 0.29) is 35.0 Å².